The SMILES string of the molecule is NCCCC[C@H]1C(=O)N(Cc2ccccc2)C[C@@H]2N(C(=O)OCc3cc(C(F)(F)F)cc(C(F)(F)F)c3)C[C@H](Cc3ccccc3)C(=O)N21. The lowest BCUT2D eigenvalue weighted by molar-refractivity contribution is -0.173. The van der Waals surface area contributed by atoms with E-state index < -0.39 is 59.9 Å². The van der Waals surface area contributed by atoms with Gasteiger partial charge in [-0.3, -0.25) is 14.5 Å². The largest absolute Gasteiger partial charge is 0.444 e. The van der Waals surface area contributed by atoms with Gasteiger partial charge in [0, 0.05) is 13.1 Å². The highest BCUT2D eigenvalue weighted by Gasteiger charge is 2.52. The lowest BCUT2D eigenvalue weighted by Gasteiger charge is -2.53. The van der Waals surface area contributed by atoms with Crippen LogP contribution < -0.4 is 5.73 Å². The first-order valence-corrected chi connectivity index (χ1v) is 15.9. The quantitative estimate of drug-likeness (QED) is 0.201. The monoisotopic (exact) mass is 690 g/mol. The molecule has 0 spiro atoms. The molecule has 3 aromatic carbocycles. The molecule has 262 valence electrons. The average Bonchev–Trinajstić information content (AvgIpc) is 3.06. The fraction of sp³-hybridized carbons (Fsp3) is 0.400. The van der Waals surface area contributed by atoms with Crippen LogP contribution >= 0.6 is 0 Å². The zero-order valence-electron chi connectivity index (χ0n) is 26.4. The summed E-state index contributed by atoms with van der Waals surface area (Å²) < 4.78 is 86.3. The Hall–Kier alpha value is -4.59. The third kappa shape index (κ3) is 8.53. The van der Waals surface area contributed by atoms with Crippen LogP contribution in [-0.2, 0) is 46.3 Å². The van der Waals surface area contributed by atoms with Gasteiger partial charge in [0.25, 0.3) is 0 Å². The number of unbranched alkanes of at least 4 members (excludes halogenated alkanes) is 1. The molecule has 0 aliphatic carbocycles. The lowest BCUT2D eigenvalue weighted by Crippen LogP contribution is -2.73. The van der Waals surface area contributed by atoms with E-state index in [4.69, 9.17) is 10.5 Å². The van der Waals surface area contributed by atoms with Crippen LogP contribution in [0.5, 0.6) is 0 Å². The molecule has 3 atom stereocenters. The van der Waals surface area contributed by atoms with Gasteiger partial charge in [-0.25, -0.2) is 4.79 Å². The van der Waals surface area contributed by atoms with Crippen molar-refractivity contribution in [3.63, 3.8) is 0 Å². The first-order valence-electron chi connectivity index (χ1n) is 15.9. The van der Waals surface area contributed by atoms with Crippen LogP contribution in [0.4, 0.5) is 31.1 Å². The van der Waals surface area contributed by atoms with Crippen LogP contribution in [0.3, 0.4) is 0 Å². The van der Waals surface area contributed by atoms with Crippen molar-refractivity contribution >= 4 is 17.9 Å². The molecule has 2 N–H and O–H groups in total. The van der Waals surface area contributed by atoms with Crippen molar-refractivity contribution in [1.82, 2.24) is 14.7 Å². The Balaban J connectivity index is 1.48. The van der Waals surface area contributed by atoms with E-state index >= 15 is 0 Å². The third-order valence-electron chi connectivity index (χ3n) is 8.74. The predicted octanol–water partition coefficient (Wildman–Crippen LogP) is 6.23. The van der Waals surface area contributed by atoms with Crippen LogP contribution in [0, 0.1) is 5.92 Å². The van der Waals surface area contributed by atoms with Gasteiger partial charge in [-0.05, 0) is 67.1 Å². The molecule has 2 aliphatic rings. The number of hydrogen-bond acceptors (Lipinski definition) is 5. The van der Waals surface area contributed by atoms with Gasteiger partial charge in [-0.2, -0.15) is 26.3 Å². The highest BCUT2D eigenvalue weighted by atomic mass is 19.4. The second-order valence-electron chi connectivity index (χ2n) is 12.2. The molecule has 2 fully saturated rings. The van der Waals surface area contributed by atoms with Crippen LogP contribution in [0.15, 0.2) is 78.9 Å². The first-order chi connectivity index (χ1) is 23.3. The van der Waals surface area contributed by atoms with Crippen LogP contribution in [0.1, 0.15) is 47.1 Å². The van der Waals surface area contributed by atoms with E-state index in [0.717, 1.165) is 11.1 Å². The summed E-state index contributed by atoms with van der Waals surface area (Å²) in [6.45, 7) is -0.563. The second kappa shape index (κ2) is 14.9. The highest BCUT2D eigenvalue weighted by Crippen LogP contribution is 2.37. The molecule has 0 aromatic heterocycles. The Morgan fingerprint density at radius 2 is 1.37 bits per heavy atom. The van der Waals surface area contributed by atoms with Crippen LogP contribution in [0.2, 0.25) is 0 Å². The molecule has 3 aromatic rings. The first kappa shape index (κ1) is 35.7. The van der Waals surface area contributed by atoms with Gasteiger partial charge < -0.3 is 20.3 Å². The molecule has 14 heteroatoms. The summed E-state index contributed by atoms with van der Waals surface area (Å²) in [6.07, 6.45) is -10.6. The number of carbonyl (C=O) groups excluding carboxylic acids is 3. The van der Waals surface area contributed by atoms with Gasteiger partial charge in [0.05, 0.1) is 23.6 Å². The summed E-state index contributed by atoms with van der Waals surface area (Å²) in [7, 11) is 0. The van der Waals surface area contributed by atoms with Gasteiger partial charge in [0.15, 0.2) is 0 Å². The van der Waals surface area contributed by atoms with Crippen molar-refractivity contribution in [2.75, 3.05) is 19.6 Å². The molecule has 2 saturated heterocycles. The molecule has 8 nitrogen and oxygen atoms in total. The number of benzene rings is 3. The molecule has 3 amide bonds. The topological polar surface area (TPSA) is 96.2 Å². The number of ether oxygens (including phenoxy) is 1. The number of fused-ring (bicyclic) bond motifs is 1. The Labute approximate surface area is 279 Å². The summed E-state index contributed by atoms with van der Waals surface area (Å²) in [4.78, 5) is 46.2. The smallest absolute Gasteiger partial charge is 0.416 e. The summed E-state index contributed by atoms with van der Waals surface area (Å²) >= 11 is 0. The minimum atomic E-state index is -5.08. The van der Waals surface area contributed by atoms with Gasteiger partial charge in [0.1, 0.15) is 18.8 Å². The Bertz CT molecular complexity index is 1590. The van der Waals surface area contributed by atoms with E-state index in [1.54, 1.807) is 17.0 Å². The normalized spacial score (nSPS) is 20.0. The van der Waals surface area contributed by atoms with E-state index in [1.165, 1.54) is 9.80 Å². The summed E-state index contributed by atoms with van der Waals surface area (Å²) in [5.74, 6) is -1.44. The van der Waals surface area contributed by atoms with E-state index in [9.17, 15) is 40.7 Å². The fourth-order valence-electron chi connectivity index (χ4n) is 6.38. The van der Waals surface area contributed by atoms with Crippen molar-refractivity contribution < 1.29 is 45.5 Å². The number of rotatable bonds is 10. The molecule has 49 heavy (non-hydrogen) atoms. The van der Waals surface area contributed by atoms with Gasteiger partial charge >= 0.3 is 18.4 Å². The zero-order valence-corrected chi connectivity index (χ0v) is 26.4. The van der Waals surface area contributed by atoms with Crippen molar-refractivity contribution in [3.8, 4) is 0 Å². The van der Waals surface area contributed by atoms with E-state index in [-0.39, 0.29) is 50.4 Å². The Morgan fingerprint density at radius 3 is 1.94 bits per heavy atom. The maximum Gasteiger partial charge on any atom is 0.416 e. The highest BCUT2D eigenvalue weighted by molar-refractivity contribution is 5.91. The molecule has 0 unspecified atom stereocenters. The average molecular weight is 691 g/mol. The number of halogens is 6. The summed E-state index contributed by atoms with van der Waals surface area (Å²) in [5, 5.41) is 0. The van der Waals surface area contributed by atoms with Gasteiger partial charge in [-0.15, -0.1) is 0 Å². The maximum atomic E-state index is 14.2. The molecule has 0 radical (unpaired) electrons. The fourth-order valence-corrected chi connectivity index (χ4v) is 6.38. The van der Waals surface area contributed by atoms with E-state index in [2.05, 4.69) is 0 Å². The summed E-state index contributed by atoms with van der Waals surface area (Å²) in [5.41, 5.74) is 3.75. The molecule has 2 heterocycles. The minimum Gasteiger partial charge on any atom is -0.444 e. The number of alkyl halides is 6. The van der Waals surface area contributed by atoms with Crippen molar-refractivity contribution in [1.29, 1.82) is 0 Å². The molecule has 5 rings (SSSR count). The van der Waals surface area contributed by atoms with Crippen molar-refractivity contribution in [2.45, 2.75) is 63.4 Å². The molecule has 0 bridgehead atoms. The van der Waals surface area contributed by atoms with Crippen LogP contribution in [-0.4, -0.2) is 64.4 Å². The number of nitrogens with zero attached hydrogens (tertiary/aromatic N) is 3. The van der Waals surface area contributed by atoms with Crippen LogP contribution in [0.25, 0.3) is 0 Å². The summed E-state index contributed by atoms with van der Waals surface area (Å²) in [6, 6.07) is 18.2. The molecule has 2 aliphatic heterocycles. The van der Waals surface area contributed by atoms with E-state index in [0.29, 0.717) is 31.5 Å². The van der Waals surface area contributed by atoms with Crippen molar-refractivity contribution in [3.05, 3.63) is 107 Å². The van der Waals surface area contributed by atoms with Gasteiger partial charge in [-0.1, -0.05) is 60.7 Å². The van der Waals surface area contributed by atoms with Crippen molar-refractivity contribution in [2.24, 2.45) is 11.7 Å². The molecule has 0 saturated carbocycles. The second-order valence-corrected chi connectivity index (χ2v) is 12.2. The Morgan fingerprint density at radius 1 is 0.776 bits per heavy atom. The minimum absolute atomic E-state index is 0.00120. The number of hydrogen-bond donors (Lipinski definition) is 1. The standard InChI is InChI=1S/C35H36F6N4O4/c36-34(37,38)27-16-25(17-28(18-27)35(39,40)41)22-49-33(48)44-20-26(15-23-9-3-1-4-10-23)31(46)45-29(13-7-8-14-42)32(47)43(21-30(44)45)19-24-11-5-2-6-12-24/h1-6,9-12,16-18,26,29-30H,7-8,13-15,19-22,42H2/t26-,29-,30+/m0/s1. The number of nitrogens with two attached hydrogens (primary N) is 1. The van der Waals surface area contributed by atoms with E-state index in [1.807, 2.05) is 48.5 Å². The third-order valence-corrected chi connectivity index (χ3v) is 8.74. The number of piperazine rings is 1. The van der Waals surface area contributed by atoms with Gasteiger partial charge in [0.2, 0.25) is 11.8 Å². The maximum absolute atomic E-state index is 14.2. The number of carbonyl (C=O) groups is 3. The molecular weight excluding hydrogens is 654 g/mol. The predicted molar refractivity (Wildman–Crippen MR) is 166 cm³/mol. The molecular formula is C35H36F6N4O4. The lowest BCUT2D eigenvalue weighted by atomic mass is 9.90. The Kier molecular flexibility index (Phi) is 10.9. The zero-order chi connectivity index (χ0) is 35.3. The number of amides is 3.